The number of carbonyl (C=O) groups is 1. The van der Waals surface area contributed by atoms with Crippen LogP contribution in [-0.4, -0.2) is 29.2 Å². The number of hydrogen-bond acceptors (Lipinski definition) is 5. The minimum Gasteiger partial charge on any atom is -0.317 e. The average Bonchev–Trinajstić information content (AvgIpc) is 2.97. The van der Waals surface area contributed by atoms with Crippen LogP contribution >= 0.6 is 35.3 Å². The maximum absolute atomic E-state index is 12.2. The summed E-state index contributed by atoms with van der Waals surface area (Å²) in [5.41, 5.74) is 0.832. The fourth-order valence-corrected chi connectivity index (χ4v) is 3.38. The first-order valence-electron chi connectivity index (χ1n) is 6.84. The van der Waals surface area contributed by atoms with Crippen molar-refractivity contribution in [2.75, 3.05) is 18.4 Å². The molecule has 1 fully saturated rings. The van der Waals surface area contributed by atoms with Crippen molar-refractivity contribution in [3.05, 3.63) is 29.3 Å². The zero-order valence-electron chi connectivity index (χ0n) is 11.7. The fraction of sp³-hybridized carbons (Fsp3) is 0.357. The van der Waals surface area contributed by atoms with Crippen LogP contribution in [0.25, 0.3) is 10.6 Å². The molecule has 0 aliphatic carbocycles. The summed E-state index contributed by atoms with van der Waals surface area (Å²) in [7, 11) is 0. The number of halogens is 2. The summed E-state index contributed by atoms with van der Waals surface area (Å²) in [6.45, 7) is 1.78. The van der Waals surface area contributed by atoms with Gasteiger partial charge in [-0.05, 0) is 32.0 Å². The molecule has 0 spiro atoms. The van der Waals surface area contributed by atoms with Crippen molar-refractivity contribution >= 4 is 46.4 Å². The van der Waals surface area contributed by atoms with Crippen molar-refractivity contribution in [2.24, 2.45) is 5.92 Å². The zero-order valence-corrected chi connectivity index (χ0v) is 14.1. The van der Waals surface area contributed by atoms with Crippen molar-refractivity contribution in [1.29, 1.82) is 0 Å². The minimum absolute atomic E-state index is 0. The normalized spacial score (nSPS) is 15.1. The predicted octanol–water partition coefficient (Wildman–Crippen LogP) is 3.22. The van der Waals surface area contributed by atoms with E-state index in [4.69, 9.17) is 11.6 Å². The van der Waals surface area contributed by atoms with Gasteiger partial charge in [0.25, 0.3) is 0 Å². The summed E-state index contributed by atoms with van der Waals surface area (Å²) in [6, 6.07) is 7.47. The molecule has 3 rings (SSSR count). The van der Waals surface area contributed by atoms with Crippen molar-refractivity contribution in [3.63, 3.8) is 0 Å². The molecule has 0 atom stereocenters. The van der Waals surface area contributed by atoms with E-state index in [1.54, 1.807) is 0 Å². The fourth-order valence-electron chi connectivity index (χ4n) is 2.31. The van der Waals surface area contributed by atoms with Gasteiger partial charge in [0.15, 0.2) is 5.01 Å². The number of amides is 1. The van der Waals surface area contributed by atoms with Crippen LogP contribution in [0, 0.1) is 5.92 Å². The van der Waals surface area contributed by atoms with Gasteiger partial charge >= 0.3 is 0 Å². The van der Waals surface area contributed by atoms with Gasteiger partial charge in [0.2, 0.25) is 11.0 Å². The number of aromatic nitrogens is 2. The third kappa shape index (κ3) is 3.95. The molecule has 0 unspecified atom stereocenters. The van der Waals surface area contributed by atoms with Crippen molar-refractivity contribution in [1.82, 2.24) is 15.5 Å². The van der Waals surface area contributed by atoms with E-state index in [0.29, 0.717) is 15.2 Å². The summed E-state index contributed by atoms with van der Waals surface area (Å²) in [5, 5.41) is 16.1. The highest BCUT2D eigenvalue weighted by Gasteiger charge is 2.22. The van der Waals surface area contributed by atoms with E-state index in [0.717, 1.165) is 31.5 Å². The Morgan fingerprint density at radius 2 is 2.00 bits per heavy atom. The van der Waals surface area contributed by atoms with Gasteiger partial charge in [-0.25, -0.2) is 0 Å². The van der Waals surface area contributed by atoms with Crippen molar-refractivity contribution in [2.45, 2.75) is 12.8 Å². The Morgan fingerprint density at radius 1 is 1.27 bits per heavy atom. The number of benzene rings is 1. The molecule has 5 nitrogen and oxygen atoms in total. The molecule has 1 saturated heterocycles. The third-order valence-corrected chi connectivity index (χ3v) is 4.67. The number of nitrogens with one attached hydrogen (secondary N) is 2. The van der Waals surface area contributed by atoms with E-state index >= 15 is 0 Å². The smallest absolute Gasteiger partial charge is 0.229 e. The first kappa shape index (κ1) is 17.1. The second kappa shape index (κ2) is 7.87. The predicted molar refractivity (Wildman–Crippen MR) is 91.8 cm³/mol. The number of piperidine rings is 1. The first-order chi connectivity index (χ1) is 10.2. The Bertz CT molecular complexity index is 643. The number of hydrogen-bond donors (Lipinski definition) is 2. The monoisotopic (exact) mass is 358 g/mol. The van der Waals surface area contributed by atoms with Crippen LogP contribution in [0.2, 0.25) is 5.02 Å². The standard InChI is InChI=1S/C14H15ClN4OS.ClH/c15-11-4-2-1-3-10(11)13-18-19-14(21-13)17-12(20)9-5-7-16-8-6-9;/h1-4,9,16H,5-8H2,(H,17,19,20);1H. The van der Waals surface area contributed by atoms with Crippen molar-refractivity contribution < 1.29 is 4.79 Å². The second-order valence-corrected chi connectivity index (χ2v) is 6.29. The number of carbonyl (C=O) groups excluding carboxylic acids is 1. The topological polar surface area (TPSA) is 66.9 Å². The lowest BCUT2D eigenvalue weighted by atomic mass is 9.97. The molecule has 2 N–H and O–H groups in total. The molecule has 0 bridgehead atoms. The summed E-state index contributed by atoms with van der Waals surface area (Å²) in [5.74, 6) is 0.0808. The molecular formula is C14H16Cl2N4OS. The molecule has 2 aromatic rings. The Labute approximate surface area is 143 Å². The molecule has 2 heterocycles. The van der Waals surface area contributed by atoms with Crippen LogP contribution in [0.3, 0.4) is 0 Å². The number of anilines is 1. The van der Waals surface area contributed by atoms with Crippen LogP contribution in [0.5, 0.6) is 0 Å². The summed E-state index contributed by atoms with van der Waals surface area (Å²) >= 11 is 7.48. The van der Waals surface area contributed by atoms with Crippen LogP contribution in [0.15, 0.2) is 24.3 Å². The van der Waals surface area contributed by atoms with E-state index in [2.05, 4.69) is 20.8 Å². The van der Waals surface area contributed by atoms with Gasteiger partial charge < -0.3 is 10.6 Å². The first-order valence-corrected chi connectivity index (χ1v) is 8.03. The largest absolute Gasteiger partial charge is 0.317 e. The zero-order chi connectivity index (χ0) is 14.7. The summed E-state index contributed by atoms with van der Waals surface area (Å²) in [6.07, 6.45) is 1.73. The Morgan fingerprint density at radius 3 is 2.73 bits per heavy atom. The highest BCUT2D eigenvalue weighted by atomic mass is 35.5. The van der Waals surface area contributed by atoms with Gasteiger partial charge in [0.05, 0.1) is 5.02 Å². The van der Waals surface area contributed by atoms with Crippen molar-refractivity contribution in [3.8, 4) is 10.6 Å². The SMILES string of the molecule is Cl.O=C(Nc1nnc(-c2ccccc2Cl)s1)C1CCNCC1. The van der Waals surface area contributed by atoms with Gasteiger partial charge in [-0.3, -0.25) is 4.79 Å². The Hall–Kier alpha value is -1.21. The van der Waals surface area contributed by atoms with Crippen LogP contribution in [0.4, 0.5) is 5.13 Å². The van der Waals surface area contributed by atoms with Gasteiger partial charge in [-0.15, -0.1) is 22.6 Å². The number of rotatable bonds is 3. The summed E-state index contributed by atoms with van der Waals surface area (Å²) in [4.78, 5) is 12.2. The lowest BCUT2D eigenvalue weighted by Crippen LogP contribution is -2.34. The molecule has 118 valence electrons. The highest BCUT2D eigenvalue weighted by Crippen LogP contribution is 2.31. The quantitative estimate of drug-likeness (QED) is 0.883. The molecule has 1 aliphatic heterocycles. The lowest BCUT2D eigenvalue weighted by molar-refractivity contribution is -0.120. The van der Waals surface area contributed by atoms with E-state index in [1.165, 1.54) is 11.3 Å². The second-order valence-electron chi connectivity index (χ2n) is 4.91. The maximum atomic E-state index is 12.2. The molecule has 1 aromatic carbocycles. The van der Waals surface area contributed by atoms with E-state index in [1.807, 2.05) is 24.3 Å². The van der Waals surface area contributed by atoms with Gasteiger partial charge in [-0.2, -0.15) is 0 Å². The Kier molecular flexibility index (Phi) is 6.14. The third-order valence-electron chi connectivity index (χ3n) is 3.47. The van der Waals surface area contributed by atoms with Crippen LogP contribution in [-0.2, 0) is 4.79 Å². The van der Waals surface area contributed by atoms with E-state index < -0.39 is 0 Å². The molecule has 22 heavy (non-hydrogen) atoms. The molecule has 8 heteroatoms. The average molecular weight is 359 g/mol. The Balaban J connectivity index is 0.00000176. The maximum Gasteiger partial charge on any atom is 0.229 e. The molecule has 1 amide bonds. The van der Waals surface area contributed by atoms with E-state index in [9.17, 15) is 4.79 Å². The molecule has 1 aliphatic rings. The van der Waals surface area contributed by atoms with E-state index in [-0.39, 0.29) is 24.2 Å². The lowest BCUT2D eigenvalue weighted by Gasteiger charge is -2.20. The van der Waals surface area contributed by atoms with Gasteiger partial charge in [0, 0.05) is 11.5 Å². The minimum atomic E-state index is 0. The molecule has 0 saturated carbocycles. The van der Waals surface area contributed by atoms with Crippen LogP contribution in [0.1, 0.15) is 12.8 Å². The van der Waals surface area contributed by atoms with Crippen LogP contribution < -0.4 is 10.6 Å². The highest BCUT2D eigenvalue weighted by molar-refractivity contribution is 7.18. The molecule has 1 aromatic heterocycles. The van der Waals surface area contributed by atoms with Gasteiger partial charge in [-0.1, -0.05) is 41.1 Å². The number of nitrogens with zero attached hydrogens (tertiary/aromatic N) is 2. The summed E-state index contributed by atoms with van der Waals surface area (Å²) < 4.78 is 0. The van der Waals surface area contributed by atoms with Gasteiger partial charge in [0.1, 0.15) is 0 Å². The molecular weight excluding hydrogens is 343 g/mol. The molecule has 0 radical (unpaired) electrons.